The van der Waals surface area contributed by atoms with Gasteiger partial charge in [-0.25, -0.2) is 4.98 Å². The number of benzene rings is 3. The van der Waals surface area contributed by atoms with E-state index in [0.717, 1.165) is 35.3 Å². The van der Waals surface area contributed by atoms with Gasteiger partial charge in [0.25, 0.3) is 5.56 Å². The number of aromatic nitrogens is 2. The zero-order valence-corrected chi connectivity index (χ0v) is 19.5. The first-order chi connectivity index (χ1) is 16.1. The maximum Gasteiger partial charge on any atom is 0.261 e. The molecule has 2 heterocycles. The number of anilines is 2. The fourth-order valence-corrected chi connectivity index (χ4v) is 5.42. The number of rotatable bonds is 4. The summed E-state index contributed by atoms with van der Waals surface area (Å²) in [6, 6.07) is 23.6. The average molecular weight is 456 g/mol. The van der Waals surface area contributed by atoms with Gasteiger partial charge in [-0.05, 0) is 54.7 Å². The molecule has 0 N–H and O–H groups in total. The van der Waals surface area contributed by atoms with Gasteiger partial charge >= 0.3 is 0 Å². The van der Waals surface area contributed by atoms with Gasteiger partial charge in [-0.1, -0.05) is 67.2 Å². The summed E-state index contributed by atoms with van der Waals surface area (Å²) in [5.74, 6) is 0.00621. The molecule has 166 valence electrons. The number of fused-ring (bicyclic) bond motifs is 3. The lowest BCUT2D eigenvalue weighted by molar-refractivity contribution is -0.117. The van der Waals surface area contributed by atoms with Gasteiger partial charge in [0.05, 0.1) is 27.5 Å². The molecule has 5 rings (SSSR count). The molecule has 1 aliphatic heterocycles. The van der Waals surface area contributed by atoms with E-state index in [1.165, 1.54) is 11.8 Å². The van der Waals surface area contributed by atoms with Gasteiger partial charge in [-0.15, -0.1) is 0 Å². The Morgan fingerprint density at radius 3 is 2.15 bits per heavy atom. The minimum absolute atomic E-state index is 0.00621. The second-order valence-electron chi connectivity index (χ2n) is 8.22. The van der Waals surface area contributed by atoms with Crippen LogP contribution in [-0.4, -0.2) is 20.7 Å². The molecule has 0 radical (unpaired) electrons. The fourth-order valence-electron chi connectivity index (χ4n) is 4.40. The number of carbonyl (C=O) groups excluding carboxylic acids is 1. The smallest absolute Gasteiger partial charge is 0.261 e. The van der Waals surface area contributed by atoms with Gasteiger partial charge in [0.1, 0.15) is 0 Å². The first kappa shape index (κ1) is 21.5. The van der Waals surface area contributed by atoms with E-state index in [9.17, 15) is 9.59 Å². The van der Waals surface area contributed by atoms with Crippen molar-refractivity contribution in [1.29, 1.82) is 0 Å². The molecule has 0 aliphatic carbocycles. The van der Waals surface area contributed by atoms with Crippen molar-refractivity contribution in [1.82, 2.24) is 9.55 Å². The highest BCUT2D eigenvalue weighted by molar-refractivity contribution is 8.00. The van der Waals surface area contributed by atoms with E-state index in [-0.39, 0.29) is 16.7 Å². The van der Waals surface area contributed by atoms with E-state index < -0.39 is 0 Å². The Balaban J connectivity index is 1.57. The molecule has 1 aromatic heterocycles. The Morgan fingerprint density at radius 2 is 1.52 bits per heavy atom. The van der Waals surface area contributed by atoms with Crippen LogP contribution < -0.4 is 10.5 Å². The highest BCUT2D eigenvalue weighted by atomic mass is 32.2. The second kappa shape index (κ2) is 8.87. The van der Waals surface area contributed by atoms with Gasteiger partial charge in [-0.3, -0.25) is 19.1 Å². The van der Waals surface area contributed by atoms with Crippen molar-refractivity contribution in [2.24, 2.45) is 7.05 Å². The lowest BCUT2D eigenvalue weighted by Gasteiger charge is -2.28. The van der Waals surface area contributed by atoms with Crippen LogP contribution >= 0.6 is 11.8 Å². The molecule has 0 saturated carbocycles. The zero-order valence-electron chi connectivity index (χ0n) is 18.7. The fraction of sp³-hybridized carbons (Fsp3) is 0.222. The molecule has 0 bridgehead atoms. The molecule has 1 amide bonds. The maximum atomic E-state index is 14.1. The minimum atomic E-state index is -0.386. The molecule has 5 nitrogen and oxygen atoms in total. The van der Waals surface area contributed by atoms with Crippen molar-refractivity contribution in [3.05, 3.63) is 94.3 Å². The number of para-hydroxylation sites is 3. The summed E-state index contributed by atoms with van der Waals surface area (Å²) in [6.07, 6.45) is 2.40. The molecule has 1 unspecified atom stereocenters. The highest BCUT2D eigenvalue weighted by Crippen LogP contribution is 2.38. The molecule has 6 heteroatoms. The number of amides is 1. The molecular weight excluding hydrogens is 430 g/mol. The van der Waals surface area contributed by atoms with Gasteiger partial charge in [-0.2, -0.15) is 0 Å². The molecule has 3 aromatic carbocycles. The highest BCUT2D eigenvalue weighted by Gasteiger charge is 2.31. The lowest BCUT2D eigenvalue weighted by atomic mass is 10.0. The van der Waals surface area contributed by atoms with Crippen LogP contribution in [0.25, 0.3) is 10.9 Å². The van der Waals surface area contributed by atoms with Crippen LogP contribution in [0.4, 0.5) is 11.4 Å². The van der Waals surface area contributed by atoms with Crippen molar-refractivity contribution in [3.63, 3.8) is 0 Å². The zero-order chi connectivity index (χ0) is 22.9. The Kier molecular flexibility index (Phi) is 5.77. The largest absolute Gasteiger partial charge is 0.290 e. The summed E-state index contributed by atoms with van der Waals surface area (Å²) in [6.45, 7) is 2.00. The summed E-state index contributed by atoms with van der Waals surface area (Å²) < 4.78 is 1.55. The lowest BCUT2D eigenvalue weighted by Crippen LogP contribution is -2.35. The summed E-state index contributed by atoms with van der Waals surface area (Å²) in [5, 5.41) is 0.748. The van der Waals surface area contributed by atoms with Crippen LogP contribution in [-0.2, 0) is 24.7 Å². The summed E-state index contributed by atoms with van der Waals surface area (Å²) in [4.78, 5) is 33.5. The Labute approximate surface area is 197 Å². The number of nitrogens with zero attached hydrogens (tertiary/aromatic N) is 3. The summed E-state index contributed by atoms with van der Waals surface area (Å²) >= 11 is 1.36. The van der Waals surface area contributed by atoms with E-state index in [2.05, 4.69) is 12.1 Å². The van der Waals surface area contributed by atoms with E-state index in [1.807, 2.05) is 66.4 Å². The SMILES string of the molecule is CCC(Sc1nc2ccccc2c(=O)n1C)C(=O)N1c2ccccc2CCc2ccccc21. The monoisotopic (exact) mass is 455 g/mol. The Morgan fingerprint density at radius 1 is 0.939 bits per heavy atom. The van der Waals surface area contributed by atoms with E-state index >= 15 is 0 Å². The Hall–Kier alpha value is -3.38. The third-order valence-corrected chi connectivity index (χ3v) is 7.58. The predicted molar refractivity (Wildman–Crippen MR) is 134 cm³/mol. The van der Waals surface area contributed by atoms with Crippen molar-refractivity contribution in [2.45, 2.75) is 36.6 Å². The topological polar surface area (TPSA) is 55.2 Å². The molecule has 0 saturated heterocycles. The quantitative estimate of drug-likeness (QED) is 0.311. The number of aryl methyl sites for hydroxylation is 2. The number of carbonyl (C=O) groups is 1. The number of hydrogen-bond acceptors (Lipinski definition) is 4. The van der Waals surface area contributed by atoms with Gasteiger partial charge in [0.15, 0.2) is 5.16 Å². The Bertz CT molecular complexity index is 1360. The molecule has 4 aromatic rings. The predicted octanol–water partition coefficient (Wildman–Crippen LogP) is 5.27. The van der Waals surface area contributed by atoms with Crippen LogP contribution in [0, 0.1) is 0 Å². The van der Waals surface area contributed by atoms with Crippen molar-refractivity contribution in [2.75, 3.05) is 4.90 Å². The molecular formula is C27H25N3O2S. The van der Waals surface area contributed by atoms with Crippen molar-refractivity contribution in [3.8, 4) is 0 Å². The van der Waals surface area contributed by atoms with Crippen LogP contribution in [0.15, 0.2) is 82.7 Å². The summed E-state index contributed by atoms with van der Waals surface area (Å²) in [5.41, 5.74) is 4.75. The normalized spacial score (nSPS) is 13.8. The second-order valence-corrected chi connectivity index (χ2v) is 9.39. The van der Waals surface area contributed by atoms with Gasteiger partial charge < -0.3 is 0 Å². The molecule has 33 heavy (non-hydrogen) atoms. The molecule has 0 spiro atoms. The first-order valence-electron chi connectivity index (χ1n) is 11.2. The maximum absolute atomic E-state index is 14.1. The van der Waals surface area contributed by atoms with E-state index in [0.29, 0.717) is 22.5 Å². The first-order valence-corrected chi connectivity index (χ1v) is 12.1. The van der Waals surface area contributed by atoms with Gasteiger partial charge in [0, 0.05) is 7.05 Å². The standard InChI is InChI=1S/C27H25N3O2S/c1-3-24(33-27-28-21-13-7-6-12-20(21)25(31)29(27)2)26(32)30-22-14-8-4-10-18(22)16-17-19-11-5-9-15-23(19)30/h4-15,24H,3,16-17H2,1-2H3. The summed E-state index contributed by atoms with van der Waals surface area (Å²) in [7, 11) is 1.72. The third-order valence-electron chi connectivity index (χ3n) is 6.19. The molecule has 0 fully saturated rings. The number of thioether (sulfide) groups is 1. The van der Waals surface area contributed by atoms with Crippen LogP contribution in [0.1, 0.15) is 24.5 Å². The van der Waals surface area contributed by atoms with Crippen LogP contribution in [0.2, 0.25) is 0 Å². The molecule has 1 aliphatic rings. The van der Waals surface area contributed by atoms with E-state index in [4.69, 9.17) is 4.98 Å². The van der Waals surface area contributed by atoms with Crippen molar-refractivity contribution < 1.29 is 4.79 Å². The van der Waals surface area contributed by atoms with Gasteiger partial charge in [0.2, 0.25) is 5.91 Å². The minimum Gasteiger partial charge on any atom is -0.290 e. The van der Waals surface area contributed by atoms with E-state index in [1.54, 1.807) is 17.7 Å². The molecule has 1 atom stereocenters. The average Bonchev–Trinajstić information content (AvgIpc) is 3.02. The van der Waals surface area contributed by atoms with Crippen LogP contribution in [0.5, 0.6) is 0 Å². The number of hydrogen-bond donors (Lipinski definition) is 0. The van der Waals surface area contributed by atoms with Crippen LogP contribution in [0.3, 0.4) is 0 Å². The van der Waals surface area contributed by atoms with Crippen molar-refractivity contribution >= 4 is 39.9 Å². The third kappa shape index (κ3) is 3.85.